The van der Waals surface area contributed by atoms with Crippen molar-refractivity contribution in [1.82, 2.24) is 4.31 Å². The fraction of sp³-hybridized carbons (Fsp3) is 0.333. The number of rotatable bonds is 7. The first kappa shape index (κ1) is 23.1. The van der Waals surface area contributed by atoms with Crippen LogP contribution in [0.4, 0.5) is 5.69 Å². The van der Waals surface area contributed by atoms with E-state index in [4.69, 9.17) is 32.7 Å². The molecule has 1 fully saturated rings. The zero-order chi connectivity index (χ0) is 21.9. The van der Waals surface area contributed by atoms with Gasteiger partial charge in [-0.1, -0.05) is 23.2 Å². The maximum Gasteiger partial charge on any atom is 0.263 e. The molecule has 2 aromatic carbocycles. The van der Waals surface area contributed by atoms with Gasteiger partial charge in [0.15, 0.2) is 0 Å². The summed E-state index contributed by atoms with van der Waals surface area (Å²) in [5, 5.41) is 0.162. The number of hydrogen-bond donors (Lipinski definition) is 1. The predicted octanol–water partition coefficient (Wildman–Crippen LogP) is 3.21. The summed E-state index contributed by atoms with van der Waals surface area (Å²) in [4.78, 5) is -0.303. The highest BCUT2D eigenvalue weighted by Crippen LogP contribution is 2.33. The van der Waals surface area contributed by atoms with Gasteiger partial charge in [-0.25, -0.2) is 16.8 Å². The van der Waals surface area contributed by atoms with Crippen molar-refractivity contribution in [1.29, 1.82) is 0 Å². The summed E-state index contributed by atoms with van der Waals surface area (Å²) < 4.78 is 66.1. The average Bonchev–Trinajstić information content (AvgIpc) is 2.71. The normalized spacial score (nSPS) is 15.7. The lowest BCUT2D eigenvalue weighted by molar-refractivity contribution is 0.0730. The van der Waals surface area contributed by atoms with Crippen LogP contribution in [0.1, 0.15) is 6.92 Å². The van der Waals surface area contributed by atoms with Gasteiger partial charge in [0.25, 0.3) is 10.0 Å². The molecule has 0 unspecified atom stereocenters. The van der Waals surface area contributed by atoms with Crippen LogP contribution in [0.2, 0.25) is 10.0 Å². The molecule has 0 saturated carbocycles. The van der Waals surface area contributed by atoms with Gasteiger partial charge in [-0.05, 0) is 43.3 Å². The van der Waals surface area contributed by atoms with Crippen LogP contribution >= 0.6 is 23.2 Å². The van der Waals surface area contributed by atoms with E-state index in [1.54, 1.807) is 6.92 Å². The lowest BCUT2D eigenvalue weighted by Gasteiger charge is -2.26. The Balaban J connectivity index is 2.02. The van der Waals surface area contributed by atoms with E-state index in [1.165, 1.54) is 40.7 Å². The third kappa shape index (κ3) is 5.01. The molecule has 1 heterocycles. The first-order chi connectivity index (χ1) is 14.1. The van der Waals surface area contributed by atoms with Crippen molar-refractivity contribution in [2.75, 3.05) is 37.6 Å². The molecule has 3 rings (SSSR count). The molecular formula is C18H20Cl2N2O6S2. The molecular weight excluding hydrogens is 475 g/mol. The van der Waals surface area contributed by atoms with Crippen LogP contribution < -0.4 is 9.46 Å². The molecule has 12 heteroatoms. The zero-order valence-corrected chi connectivity index (χ0v) is 19.1. The number of morpholine rings is 1. The van der Waals surface area contributed by atoms with Gasteiger partial charge in [-0.15, -0.1) is 0 Å². The van der Waals surface area contributed by atoms with E-state index in [1.807, 2.05) is 0 Å². The molecule has 1 aliphatic rings. The molecule has 0 atom stereocenters. The van der Waals surface area contributed by atoms with Crippen LogP contribution in [0.5, 0.6) is 5.75 Å². The number of ether oxygens (including phenoxy) is 2. The van der Waals surface area contributed by atoms with Crippen molar-refractivity contribution < 1.29 is 26.3 Å². The van der Waals surface area contributed by atoms with Gasteiger partial charge in [-0.2, -0.15) is 4.31 Å². The Morgan fingerprint density at radius 1 is 1.07 bits per heavy atom. The molecule has 0 spiro atoms. The Bertz CT molecular complexity index is 1130. The number of nitrogens with zero attached hydrogens (tertiary/aromatic N) is 1. The lowest BCUT2D eigenvalue weighted by atomic mass is 10.3. The van der Waals surface area contributed by atoms with E-state index < -0.39 is 20.0 Å². The van der Waals surface area contributed by atoms with Crippen LogP contribution in [0.25, 0.3) is 0 Å². The van der Waals surface area contributed by atoms with E-state index in [0.29, 0.717) is 13.2 Å². The third-order valence-corrected chi connectivity index (χ3v) is 8.26. The van der Waals surface area contributed by atoms with Gasteiger partial charge in [0.2, 0.25) is 10.0 Å². The van der Waals surface area contributed by atoms with Gasteiger partial charge in [0.1, 0.15) is 10.6 Å². The summed E-state index contributed by atoms with van der Waals surface area (Å²) in [5.74, 6) is 0.181. The fourth-order valence-corrected chi connectivity index (χ4v) is 6.11. The Kier molecular flexibility index (Phi) is 7.16. The number of anilines is 1. The maximum atomic E-state index is 13.0. The standard InChI is InChI=1S/C18H20Cl2N2O6S2/c1-2-28-17-6-4-14(30(25,26)22-7-9-27-10-8-22)12-16(17)21-29(23,24)18-11-13(19)3-5-15(18)20/h3-6,11-12,21H,2,7-10H2,1H3. The number of benzene rings is 2. The molecule has 1 saturated heterocycles. The van der Waals surface area contributed by atoms with Gasteiger partial charge in [0.05, 0.1) is 35.4 Å². The number of hydrogen-bond acceptors (Lipinski definition) is 6. The van der Waals surface area contributed by atoms with E-state index in [9.17, 15) is 16.8 Å². The summed E-state index contributed by atoms with van der Waals surface area (Å²) >= 11 is 11.9. The molecule has 0 aliphatic carbocycles. The molecule has 8 nitrogen and oxygen atoms in total. The van der Waals surface area contributed by atoms with Crippen LogP contribution in [-0.4, -0.2) is 54.1 Å². The zero-order valence-electron chi connectivity index (χ0n) is 16.0. The molecule has 0 radical (unpaired) electrons. The Hall–Kier alpha value is -1.56. The van der Waals surface area contributed by atoms with E-state index in [0.717, 1.165) is 0 Å². The molecule has 0 aromatic heterocycles. The molecule has 1 aliphatic heterocycles. The van der Waals surface area contributed by atoms with Crippen LogP contribution in [0.3, 0.4) is 0 Å². The minimum Gasteiger partial charge on any atom is -0.492 e. The largest absolute Gasteiger partial charge is 0.492 e. The molecule has 30 heavy (non-hydrogen) atoms. The second kappa shape index (κ2) is 9.29. The van der Waals surface area contributed by atoms with Crippen molar-refractivity contribution in [3.63, 3.8) is 0 Å². The average molecular weight is 495 g/mol. The molecule has 0 bridgehead atoms. The van der Waals surface area contributed by atoms with E-state index in [-0.39, 0.29) is 51.0 Å². The Labute approximate surface area is 185 Å². The molecule has 0 amide bonds. The van der Waals surface area contributed by atoms with E-state index >= 15 is 0 Å². The van der Waals surface area contributed by atoms with Gasteiger partial charge >= 0.3 is 0 Å². The highest BCUT2D eigenvalue weighted by atomic mass is 35.5. The summed E-state index contributed by atoms with van der Waals surface area (Å²) in [6, 6.07) is 8.05. The van der Waals surface area contributed by atoms with Crippen molar-refractivity contribution >= 4 is 48.9 Å². The second-order valence-corrected chi connectivity index (χ2v) is 10.7. The number of nitrogens with one attached hydrogen (secondary N) is 1. The van der Waals surface area contributed by atoms with Gasteiger partial charge < -0.3 is 9.47 Å². The minimum atomic E-state index is -4.17. The summed E-state index contributed by atoms with van der Waals surface area (Å²) in [5.41, 5.74) is -0.0257. The second-order valence-electron chi connectivity index (χ2n) is 6.29. The first-order valence-corrected chi connectivity index (χ1v) is 12.7. The topological polar surface area (TPSA) is 102 Å². The van der Waals surface area contributed by atoms with Crippen molar-refractivity contribution in [3.8, 4) is 5.75 Å². The Morgan fingerprint density at radius 2 is 1.77 bits per heavy atom. The highest BCUT2D eigenvalue weighted by molar-refractivity contribution is 7.93. The first-order valence-electron chi connectivity index (χ1n) is 8.98. The predicted molar refractivity (Wildman–Crippen MR) is 114 cm³/mol. The number of halogens is 2. The highest BCUT2D eigenvalue weighted by Gasteiger charge is 2.28. The van der Waals surface area contributed by atoms with Crippen molar-refractivity contribution in [2.24, 2.45) is 0 Å². The van der Waals surface area contributed by atoms with Crippen LogP contribution in [0.15, 0.2) is 46.2 Å². The quantitative estimate of drug-likeness (QED) is 0.633. The fourth-order valence-electron chi connectivity index (χ4n) is 2.85. The maximum absolute atomic E-state index is 13.0. The lowest BCUT2D eigenvalue weighted by Crippen LogP contribution is -2.40. The van der Waals surface area contributed by atoms with Crippen LogP contribution in [-0.2, 0) is 24.8 Å². The molecule has 2 aromatic rings. The number of sulfonamides is 2. The summed E-state index contributed by atoms with van der Waals surface area (Å²) in [7, 11) is -8.00. The smallest absolute Gasteiger partial charge is 0.263 e. The summed E-state index contributed by atoms with van der Waals surface area (Å²) in [6.07, 6.45) is 0. The molecule has 164 valence electrons. The minimum absolute atomic E-state index is 0.0257. The summed E-state index contributed by atoms with van der Waals surface area (Å²) in [6.45, 7) is 3.00. The SMILES string of the molecule is CCOc1ccc(S(=O)(=O)N2CCOCC2)cc1NS(=O)(=O)c1cc(Cl)ccc1Cl. The van der Waals surface area contributed by atoms with E-state index in [2.05, 4.69) is 4.72 Å². The Morgan fingerprint density at radius 3 is 2.43 bits per heavy atom. The van der Waals surface area contributed by atoms with Crippen molar-refractivity contribution in [3.05, 3.63) is 46.4 Å². The van der Waals surface area contributed by atoms with Crippen molar-refractivity contribution in [2.45, 2.75) is 16.7 Å². The molecule has 1 N–H and O–H groups in total. The third-order valence-electron chi connectivity index (χ3n) is 4.29. The van der Waals surface area contributed by atoms with Gasteiger partial charge in [-0.3, -0.25) is 4.72 Å². The monoisotopic (exact) mass is 494 g/mol. The van der Waals surface area contributed by atoms with Gasteiger partial charge in [0, 0.05) is 18.1 Å². The van der Waals surface area contributed by atoms with Crippen LogP contribution in [0, 0.1) is 0 Å².